The number of rotatable bonds is 4. The van der Waals surface area contributed by atoms with E-state index in [0.717, 1.165) is 44.5 Å². The van der Waals surface area contributed by atoms with E-state index in [2.05, 4.69) is 60.7 Å². The number of hydrogen-bond acceptors (Lipinski definition) is 2. The van der Waals surface area contributed by atoms with Crippen LogP contribution < -0.4 is 0 Å². The molecule has 0 atom stereocenters. The SMILES string of the molecule is N#Cc1cc(-c2cccc(-c3ccccc3)c2)c(C#N)cc1-c1cccc(-c2ccccc2)c1. The van der Waals surface area contributed by atoms with Gasteiger partial charge in [0.1, 0.15) is 0 Å². The molecular weight excluding hydrogens is 412 g/mol. The Hall–Kier alpha value is -4.92. The van der Waals surface area contributed by atoms with Gasteiger partial charge in [-0.25, -0.2) is 0 Å². The van der Waals surface area contributed by atoms with Crippen LogP contribution in [0.15, 0.2) is 121 Å². The van der Waals surface area contributed by atoms with Crippen molar-refractivity contribution in [3.05, 3.63) is 132 Å². The Morgan fingerprint density at radius 2 is 0.706 bits per heavy atom. The van der Waals surface area contributed by atoms with Gasteiger partial charge in [0.2, 0.25) is 0 Å². The third-order valence-electron chi connectivity index (χ3n) is 5.96. The molecule has 5 aromatic rings. The van der Waals surface area contributed by atoms with E-state index in [1.165, 1.54) is 0 Å². The smallest absolute Gasteiger partial charge is 0.0998 e. The van der Waals surface area contributed by atoms with Crippen molar-refractivity contribution in [3.8, 4) is 56.6 Å². The number of nitriles is 2. The summed E-state index contributed by atoms with van der Waals surface area (Å²) in [5, 5.41) is 20.0. The Kier molecular flexibility index (Phi) is 5.73. The van der Waals surface area contributed by atoms with Gasteiger partial charge in [0.25, 0.3) is 0 Å². The van der Waals surface area contributed by atoms with Gasteiger partial charge in [-0.3, -0.25) is 0 Å². The largest absolute Gasteiger partial charge is 0.192 e. The highest BCUT2D eigenvalue weighted by Gasteiger charge is 2.14. The third kappa shape index (κ3) is 4.09. The normalized spacial score (nSPS) is 10.3. The highest BCUT2D eigenvalue weighted by Crippen LogP contribution is 2.35. The fourth-order valence-corrected chi connectivity index (χ4v) is 4.26. The molecule has 2 nitrogen and oxygen atoms in total. The first kappa shape index (κ1) is 21.0. The second-order valence-corrected chi connectivity index (χ2v) is 8.06. The molecule has 0 aliphatic rings. The van der Waals surface area contributed by atoms with E-state index < -0.39 is 0 Å². The summed E-state index contributed by atoms with van der Waals surface area (Å²) in [4.78, 5) is 0. The molecule has 158 valence electrons. The van der Waals surface area contributed by atoms with Crippen LogP contribution in [0.3, 0.4) is 0 Å². The van der Waals surface area contributed by atoms with Crippen LogP contribution in [0.2, 0.25) is 0 Å². The van der Waals surface area contributed by atoms with E-state index in [1.807, 2.05) is 72.8 Å². The maximum atomic E-state index is 10.0. The second-order valence-electron chi connectivity index (χ2n) is 8.06. The molecule has 0 saturated heterocycles. The fourth-order valence-electron chi connectivity index (χ4n) is 4.26. The molecule has 0 unspecified atom stereocenters. The van der Waals surface area contributed by atoms with Crippen LogP contribution in [-0.4, -0.2) is 0 Å². The highest BCUT2D eigenvalue weighted by atomic mass is 14.3. The Labute approximate surface area is 199 Å². The van der Waals surface area contributed by atoms with Crippen LogP contribution in [0.5, 0.6) is 0 Å². The molecule has 0 aliphatic heterocycles. The first-order valence-corrected chi connectivity index (χ1v) is 11.1. The topological polar surface area (TPSA) is 47.6 Å². The molecule has 0 radical (unpaired) electrons. The Morgan fingerprint density at radius 3 is 1.09 bits per heavy atom. The summed E-state index contributed by atoms with van der Waals surface area (Å²) in [6, 6.07) is 44.9. The number of benzene rings is 5. The molecule has 34 heavy (non-hydrogen) atoms. The molecule has 5 aromatic carbocycles. The Balaban J connectivity index is 1.62. The lowest BCUT2D eigenvalue weighted by Gasteiger charge is -2.13. The highest BCUT2D eigenvalue weighted by molar-refractivity contribution is 5.84. The molecule has 2 heteroatoms. The van der Waals surface area contributed by atoms with Crippen molar-refractivity contribution < 1.29 is 0 Å². The minimum atomic E-state index is 0.546. The molecule has 0 spiro atoms. The van der Waals surface area contributed by atoms with E-state index >= 15 is 0 Å². The van der Waals surface area contributed by atoms with Gasteiger partial charge in [-0.15, -0.1) is 0 Å². The van der Waals surface area contributed by atoms with Gasteiger partial charge in [-0.2, -0.15) is 10.5 Å². The van der Waals surface area contributed by atoms with E-state index in [-0.39, 0.29) is 0 Å². The third-order valence-corrected chi connectivity index (χ3v) is 5.96. The molecule has 0 heterocycles. The molecule has 0 bridgehead atoms. The standard InChI is InChI=1S/C32H20N2/c33-21-29-20-32(28-16-8-14-26(18-28)24-11-5-2-6-12-24)30(22-34)19-31(29)27-15-7-13-25(17-27)23-9-3-1-4-10-23/h1-20H. The first-order chi connectivity index (χ1) is 16.8. The molecule has 0 fully saturated rings. The summed E-state index contributed by atoms with van der Waals surface area (Å²) in [6.45, 7) is 0. The predicted octanol–water partition coefficient (Wildman–Crippen LogP) is 8.10. The van der Waals surface area contributed by atoms with E-state index in [4.69, 9.17) is 0 Å². The Morgan fingerprint density at radius 1 is 0.353 bits per heavy atom. The zero-order valence-corrected chi connectivity index (χ0v) is 18.4. The van der Waals surface area contributed by atoms with Gasteiger partial charge in [-0.1, -0.05) is 97.1 Å². The lowest BCUT2D eigenvalue weighted by molar-refractivity contribution is 1.44. The van der Waals surface area contributed by atoms with Crippen LogP contribution in [0, 0.1) is 22.7 Å². The summed E-state index contributed by atoms with van der Waals surface area (Å²) in [7, 11) is 0. The number of hydrogen-bond donors (Lipinski definition) is 0. The van der Waals surface area contributed by atoms with Crippen molar-refractivity contribution in [2.75, 3.05) is 0 Å². The summed E-state index contributed by atoms with van der Waals surface area (Å²) in [5.41, 5.74) is 8.81. The van der Waals surface area contributed by atoms with Crippen molar-refractivity contribution in [1.82, 2.24) is 0 Å². The fraction of sp³-hybridized carbons (Fsp3) is 0. The zero-order valence-electron chi connectivity index (χ0n) is 18.4. The van der Waals surface area contributed by atoms with Crippen LogP contribution >= 0.6 is 0 Å². The summed E-state index contributed by atoms with van der Waals surface area (Å²) in [5.74, 6) is 0. The average molecular weight is 433 g/mol. The number of nitrogens with zero attached hydrogens (tertiary/aromatic N) is 2. The Bertz CT molecular complexity index is 1430. The molecule has 0 aromatic heterocycles. The summed E-state index contributed by atoms with van der Waals surface area (Å²) >= 11 is 0. The quantitative estimate of drug-likeness (QED) is 0.288. The van der Waals surface area contributed by atoms with Crippen molar-refractivity contribution in [3.63, 3.8) is 0 Å². The average Bonchev–Trinajstić information content (AvgIpc) is 2.93. The first-order valence-electron chi connectivity index (χ1n) is 11.1. The van der Waals surface area contributed by atoms with Crippen molar-refractivity contribution in [1.29, 1.82) is 10.5 Å². The van der Waals surface area contributed by atoms with E-state index in [1.54, 1.807) is 0 Å². The van der Waals surface area contributed by atoms with Gasteiger partial charge in [0, 0.05) is 11.1 Å². The van der Waals surface area contributed by atoms with Crippen molar-refractivity contribution in [2.24, 2.45) is 0 Å². The van der Waals surface area contributed by atoms with E-state index in [0.29, 0.717) is 11.1 Å². The van der Waals surface area contributed by atoms with Crippen LogP contribution in [0.4, 0.5) is 0 Å². The van der Waals surface area contributed by atoms with Crippen molar-refractivity contribution in [2.45, 2.75) is 0 Å². The monoisotopic (exact) mass is 432 g/mol. The predicted molar refractivity (Wildman–Crippen MR) is 138 cm³/mol. The zero-order chi connectivity index (χ0) is 23.3. The molecular formula is C32H20N2. The minimum Gasteiger partial charge on any atom is -0.192 e. The lowest BCUT2D eigenvalue weighted by atomic mass is 9.89. The van der Waals surface area contributed by atoms with Gasteiger partial charge in [0.15, 0.2) is 0 Å². The van der Waals surface area contributed by atoms with Crippen molar-refractivity contribution >= 4 is 0 Å². The van der Waals surface area contributed by atoms with Gasteiger partial charge in [0.05, 0.1) is 23.3 Å². The van der Waals surface area contributed by atoms with Gasteiger partial charge in [-0.05, 0) is 57.6 Å². The summed E-state index contributed by atoms with van der Waals surface area (Å²) in [6.07, 6.45) is 0. The summed E-state index contributed by atoms with van der Waals surface area (Å²) < 4.78 is 0. The van der Waals surface area contributed by atoms with Crippen LogP contribution in [0.25, 0.3) is 44.5 Å². The molecule has 0 amide bonds. The minimum absolute atomic E-state index is 0.546. The van der Waals surface area contributed by atoms with E-state index in [9.17, 15) is 10.5 Å². The lowest BCUT2D eigenvalue weighted by Crippen LogP contribution is -1.92. The molecule has 0 N–H and O–H groups in total. The maximum Gasteiger partial charge on any atom is 0.0998 e. The van der Waals surface area contributed by atoms with Crippen LogP contribution in [0.1, 0.15) is 11.1 Å². The van der Waals surface area contributed by atoms with Gasteiger partial charge < -0.3 is 0 Å². The molecule has 5 rings (SSSR count). The molecule has 0 aliphatic carbocycles. The second kappa shape index (κ2) is 9.29. The van der Waals surface area contributed by atoms with Gasteiger partial charge >= 0.3 is 0 Å². The maximum absolute atomic E-state index is 10.0. The van der Waals surface area contributed by atoms with Crippen LogP contribution in [-0.2, 0) is 0 Å². The molecule has 0 saturated carbocycles.